The predicted molar refractivity (Wildman–Crippen MR) is 101 cm³/mol. The normalized spacial score (nSPS) is 12.2. The van der Waals surface area contributed by atoms with E-state index in [1.165, 1.54) is 0 Å². The Balaban J connectivity index is 1.57. The average molecular weight is 327 g/mol. The molecule has 0 aliphatic heterocycles. The molecule has 0 aliphatic carbocycles. The molecule has 0 fully saturated rings. The van der Waals surface area contributed by atoms with E-state index < -0.39 is 6.04 Å². The highest BCUT2D eigenvalue weighted by molar-refractivity contribution is 5.97. The molecule has 0 unspecified atom stereocenters. The summed E-state index contributed by atoms with van der Waals surface area (Å²) in [4.78, 5) is 16.9. The molecule has 0 radical (unpaired) electrons. The number of nitrogens with zero attached hydrogens (tertiary/aromatic N) is 1. The number of amides is 1. The standard InChI is InChI=1S/C21H17N3O/c22-20(17-10-9-14-5-1-2-6-15(14)11-17)21(25)24-18-12-16-7-3-4-8-19(16)23-13-18/h1-13,20H,22H2,(H,24,25)/t20-/m0/s1. The van der Waals surface area contributed by atoms with E-state index in [2.05, 4.69) is 10.3 Å². The van der Waals surface area contributed by atoms with Gasteiger partial charge in [-0.05, 0) is 34.5 Å². The summed E-state index contributed by atoms with van der Waals surface area (Å²) < 4.78 is 0. The molecule has 0 spiro atoms. The van der Waals surface area contributed by atoms with E-state index in [1.54, 1.807) is 6.20 Å². The maximum absolute atomic E-state index is 12.5. The molecule has 4 heteroatoms. The zero-order valence-corrected chi connectivity index (χ0v) is 13.5. The lowest BCUT2D eigenvalue weighted by Gasteiger charge is -2.13. The van der Waals surface area contributed by atoms with Crippen molar-refractivity contribution in [1.29, 1.82) is 0 Å². The summed E-state index contributed by atoms with van der Waals surface area (Å²) >= 11 is 0. The third-order valence-corrected chi connectivity index (χ3v) is 4.27. The van der Waals surface area contributed by atoms with Crippen molar-refractivity contribution in [1.82, 2.24) is 4.98 Å². The van der Waals surface area contributed by atoms with Crippen LogP contribution >= 0.6 is 0 Å². The summed E-state index contributed by atoms with van der Waals surface area (Å²) in [6, 6.07) is 22.8. The summed E-state index contributed by atoms with van der Waals surface area (Å²) in [5.41, 5.74) is 8.47. The summed E-state index contributed by atoms with van der Waals surface area (Å²) in [5, 5.41) is 6.01. The van der Waals surface area contributed by atoms with Crippen LogP contribution in [0.2, 0.25) is 0 Å². The lowest BCUT2D eigenvalue weighted by molar-refractivity contribution is -0.117. The van der Waals surface area contributed by atoms with Gasteiger partial charge in [0.1, 0.15) is 6.04 Å². The molecule has 3 aromatic carbocycles. The van der Waals surface area contributed by atoms with E-state index in [1.807, 2.05) is 72.8 Å². The number of aromatic nitrogens is 1. The quantitative estimate of drug-likeness (QED) is 0.597. The van der Waals surface area contributed by atoms with Crippen LogP contribution < -0.4 is 11.1 Å². The highest BCUT2D eigenvalue weighted by atomic mass is 16.2. The second-order valence-electron chi connectivity index (χ2n) is 5.99. The van der Waals surface area contributed by atoms with Gasteiger partial charge in [-0.2, -0.15) is 0 Å². The monoisotopic (exact) mass is 327 g/mol. The number of carbonyl (C=O) groups excluding carboxylic acids is 1. The van der Waals surface area contributed by atoms with Crippen molar-refractivity contribution < 1.29 is 4.79 Å². The Morgan fingerprint density at radius 2 is 1.60 bits per heavy atom. The van der Waals surface area contributed by atoms with E-state index in [9.17, 15) is 4.79 Å². The Labute approximate surface area is 145 Å². The van der Waals surface area contributed by atoms with E-state index in [-0.39, 0.29) is 5.91 Å². The minimum absolute atomic E-state index is 0.257. The van der Waals surface area contributed by atoms with E-state index in [0.29, 0.717) is 5.69 Å². The number of nitrogens with two attached hydrogens (primary N) is 1. The van der Waals surface area contributed by atoms with Gasteiger partial charge in [-0.15, -0.1) is 0 Å². The van der Waals surface area contributed by atoms with Crippen LogP contribution in [0.1, 0.15) is 11.6 Å². The van der Waals surface area contributed by atoms with Crippen LogP contribution in [0, 0.1) is 0 Å². The topological polar surface area (TPSA) is 68.0 Å². The molecule has 0 saturated heterocycles. The maximum atomic E-state index is 12.5. The number of carbonyl (C=O) groups is 1. The number of anilines is 1. The first-order valence-electron chi connectivity index (χ1n) is 8.11. The second kappa shape index (κ2) is 6.34. The molecule has 0 saturated carbocycles. The van der Waals surface area contributed by atoms with Gasteiger partial charge in [-0.1, -0.05) is 54.6 Å². The number of pyridine rings is 1. The minimum Gasteiger partial charge on any atom is -0.323 e. The Morgan fingerprint density at radius 3 is 2.44 bits per heavy atom. The Bertz CT molecular complexity index is 1070. The van der Waals surface area contributed by atoms with Gasteiger partial charge in [0.25, 0.3) is 0 Å². The van der Waals surface area contributed by atoms with Gasteiger partial charge in [0, 0.05) is 5.39 Å². The number of hydrogen-bond acceptors (Lipinski definition) is 3. The number of para-hydroxylation sites is 1. The number of fused-ring (bicyclic) bond motifs is 2. The molecule has 4 nitrogen and oxygen atoms in total. The Kier molecular flexibility index (Phi) is 3.88. The van der Waals surface area contributed by atoms with Crippen LogP contribution in [0.15, 0.2) is 79.0 Å². The van der Waals surface area contributed by atoms with Crippen molar-refractivity contribution in [3.8, 4) is 0 Å². The van der Waals surface area contributed by atoms with Gasteiger partial charge in [0.2, 0.25) is 5.91 Å². The molecule has 4 aromatic rings. The molecule has 1 aromatic heterocycles. The molecule has 0 bridgehead atoms. The van der Waals surface area contributed by atoms with Crippen LogP contribution in [0.4, 0.5) is 5.69 Å². The van der Waals surface area contributed by atoms with Crippen molar-refractivity contribution >= 4 is 33.3 Å². The fraction of sp³-hybridized carbons (Fsp3) is 0.0476. The van der Waals surface area contributed by atoms with Gasteiger partial charge < -0.3 is 11.1 Å². The fourth-order valence-corrected chi connectivity index (χ4v) is 2.91. The lowest BCUT2D eigenvalue weighted by Crippen LogP contribution is -2.27. The van der Waals surface area contributed by atoms with Crippen molar-refractivity contribution in [2.24, 2.45) is 5.73 Å². The van der Waals surface area contributed by atoms with Crippen LogP contribution in [-0.2, 0) is 4.79 Å². The van der Waals surface area contributed by atoms with E-state index in [4.69, 9.17) is 5.73 Å². The van der Waals surface area contributed by atoms with Gasteiger partial charge in [-0.25, -0.2) is 0 Å². The number of hydrogen-bond donors (Lipinski definition) is 2. The predicted octanol–water partition coefficient (Wildman–Crippen LogP) is 4.03. The van der Waals surface area contributed by atoms with Crippen LogP contribution in [-0.4, -0.2) is 10.9 Å². The van der Waals surface area contributed by atoms with Crippen molar-refractivity contribution in [2.45, 2.75) is 6.04 Å². The zero-order chi connectivity index (χ0) is 17.2. The summed E-state index contributed by atoms with van der Waals surface area (Å²) in [7, 11) is 0. The molecule has 25 heavy (non-hydrogen) atoms. The van der Waals surface area contributed by atoms with Crippen molar-refractivity contribution in [2.75, 3.05) is 5.32 Å². The highest BCUT2D eigenvalue weighted by Crippen LogP contribution is 2.21. The molecule has 1 amide bonds. The third kappa shape index (κ3) is 3.07. The minimum atomic E-state index is -0.740. The third-order valence-electron chi connectivity index (χ3n) is 4.27. The Hall–Kier alpha value is -3.24. The van der Waals surface area contributed by atoms with Crippen molar-refractivity contribution in [3.63, 3.8) is 0 Å². The van der Waals surface area contributed by atoms with Gasteiger partial charge >= 0.3 is 0 Å². The fourth-order valence-electron chi connectivity index (χ4n) is 2.91. The summed E-state index contributed by atoms with van der Waals surface area (Å²) in [6.07, 6.45) is 1.65. The average Bonchev–Trinajstić information content (AvgIpc) is 2.67. The molecule has 4 rings (SSSR count). The SMILES string of the molecule is N[C@H](C(=O)Nc1cnc2ccccc2c1)c1ccc2ccccc2c1. The summed E-state index contributed by atoms with van der Waals surface area (Å²) in [6.45, 7) is 0. The number of benzene rings is 3. The maximum Gasteiger partial charge on any atom is 0.245 e. The molecule has 3 N–H and O–H groups in total. The lowest BCUT2D eigenvalue weighted by atomic mass is 10.0. The molecular weight excluding hydrogens is 310 g/mol. The molecular formula is C21H17N3O. The van der Waals surface area contributed by atoms with E-state index >= 15 is 0 Å². The first kappa shape index (κ1) is 15.3. The van der Waals surface area contributed by atoms with Crippen molar-refractivity contribution in [3.05, 3.63) is 84.6 Å². The number of nitrogens with one attached hydrogen (secondary N) is 1. The van der Waals surface area contributed by atoms with Crippen LogP contribution in [0.5, 0.6) is 0 Å². The molecule has 122 valence electrons. The zero-order valence-electron chi connectivity index (χ0n) is 13.5. The summed E-state index contributed by atoms with van der Waals surface area (Å²) in [5.74, 6) is -0.257. The molecule has 1 heterocycles. The van der Waals surface area contributed by atoms with Gasteiger partial charge in [0.15, 0.2) is 0 Å². The van der Waals surface area contributed by atoms with E-state index in [0.717, 1.165) is 27.2 Å². The van der Waals surface area contributed by atoms with Crippen LogP contribution in [0.25, 0.3) is 21.7 Å². The second-order valence-corrected chi connectivity index (χ2v) is 5.99. The highest BCUT2D eigenvalue weighted by Gasteiger charge is 2.16. The smallest absolute Gasteiger partial charge is 0.245 e. The molecule has 1 atom stereocenters. The first-order chi connectivity index (χ1) is 12.2. The first-order valence-corrected chi connectivity index (χ1v) is 8.11. The van der Waals surface area contributed by atoms with Gasteiger partial charge in [-0.3, -0.25) is 9.78 Å². The van der Waals surface area contributed by atoms with Gasteiger partial charge in [0.05, 0.1) is 17.4 Å². The Morgan fingerprint density at radius 1 is 0.880 bits per heavy atom. The molecule has 0 aliphatic rings. The largest absolute Gasteiger partial charge is 0.323 e. The number of rotatable bonds is 3. The van der Waals surface area contributed by atoms with Crippen LogP contribution in [0.3, 0.4) is 0 Å².